The van der Waals surface area contributed by atoms with Gasteiger partial charge in [0.15, 0.2) is 0 Å². The van der Waals surface area contributed by atoms with Crippen molar-refractivity contribution in [3.8, 4) is 0 Å². The summed E-state index contributed by atoms with van der Waals surface area (Å²) in [5.41, 5.74) is 0. The maximum atomic E-state index is 12.1. The average Bonchev–Trinajstić information content (AvgIpc) is 2.77. The first-order valence-electron chi connectivity index (χ1n) is 7.11. The van der Waals surface area contributed by atoms with Gasteiger partial charge in [-0.2, -0.15) is 0 Å². The van der Waals surface area contributed by atoms with E-state index in [2.05, 4.69) is 0 Å². The van der Waals surface area contributed by atoms with Crippen molar-refractivity contribution in [2.24, 2.45) is 11.8 Å². The fraction of sp³-hybridized carbons (Fsp3) is 0.600. The van der Waals surface area contributed by atoms with Crippen LogP contribution in [0.3, 0.4) is 0 Å². The normalized spacial score (nSPS) is 17.3. The van der Waals surface area contributed by atoms with E-state index < -0.39 is 5.97 Å². The van der Waals surface area contributed by atoms with Gasteiger partial charge in [-0.1, -0.05) is 6.92 Å². The zero-order chi connectivity index (χ0) is 15.6. The number of likely N-dealkylation sites (N-methyl/N-ethyl adjacent to an activating group) is 1. The van der Waals surface area contributed by atoms with Crippen molar-refractivity contribution in [3.63, 3.8) is 0 Å². The van der Waals surface area contributed by atoms with Crippen LogP contribution in [-0.2, 0) is 16.1 Å². The molecule has 1 aromatic heterocycles. The predicted molar refractivity (Wildman–Crippen MR) is 76.6 cm³/mol. The highest BCUT2D eigenvalue weighted by molar-refractivity contribution is 5.78. The number of carboxylic acid groups (broad SMARTS) is 1. The van der Waals surface area contributed by atoms with Gasteiger partial charge in [-0.25, -0.2) is 0 Å². The van der Waals surface area contributed by atoms with Gasteiger partial charge in [0, 0.05) is 20.1 Å². The molecule has 21 heavy (non-hydrogen) atoms. The minimum absolute atomic E-state index is 0.0190. The summed E-state index contributed by atoms with van der Waals surface area (Å²) >= 11 is 0. The third-order valence-corrected chi connectivity index (χ3v) is 4.06. The number of amides is 1. The van der Waals surface area contributed by atoms with Gasteiger partial charge < -0.3 is 14.4 Å². The Kier molecular flexibility index (Phi) is 4.67. The first-order chi connectivity index (χ1) is 9.86. The average molecular weight is 294 g/mol. The number of hydrogen-bond acceptors (Lipinski definition) is 4. The Balaban J connectivity index is 1.74. The molecule has 1 aliphatic heterocycles. The zero-order valence-electron chi connectivity index (χ0n) is 12.7. The third-order valence-electron chi connectivity index (χ3n) is 4.06. The van der Waals surface area contributed by atoms with Crippen LogP contribution in [0.1, 0.15) is 18.4 Å². The number of aliphatic carboxylic acids is 1. The first-order valence-corrected chi connectivity index (χ1v) is 7.11. The van der Waals surface area contributed by atoms with Crippen molar-refractivity contribution < 1.29 is 19.1 Å². The lowest BCUT2D eigenvalue weighted by Crippen LogP contribution is -2.53. The minimum atomic E-state index is -0.767. The summed E-state index contributed by atoms with van der Waals surface area (Å²) in [7, 11) is 1.75. The van der Waals surface area contributed by atoms with Crippen LogP contribution in [0.5, 0.6) is 0 Å². The van der Waals surface area contributed by atoms with Crippen molar-refractivity contribution in [2.45, 2.75) is 20.4 Å². The summed E-state index contributed by atoms with van der Waals surface area (Å²) in [5, 5.41) is 8.94. The van der Waals surface area contributed by atoms with Gasteiger partial charge in [-0.05, 0) is 25.0 Å². The molecule has 2 rings (SSSR count). The third kappa shape index (κ3) is 3.85. The summed E-state index contributed by atoms with van der Waals surface area (Å²) in [6.07, 6.45) is 0. The summed E-state index contributed by atoms with van der Waals surface area (Å²) < 4.78 is 5.45. The lowest BCUT2D eigenvalue weighted by molar-refractivity contribution is -0.146. The highest BCUT2D eigenvalue weighted by Gasteiger charge is 2.35. The summed E-state index contributed by atoms with van der Waals surface area (Å²) in [6.45, 7) is 5.72. The van der Waals surface area contributed by atoms with Crippen molar-refractivity contribution in [3.05, 3.63) is 23.7 Å². The van der Waals surface area contributed by atoms with Gasteiger partial charge in [-0.3, -0.25) is 14.5 Å². The van der Waals surface area contributed by atoms with E-state index in [1.54, 1.807) is 18.9 Å². The van der Waals surface area contributed by atoms with Crippen LogP contribution in [0.25, 0.3) is 0 Å². The van der Waals surface area contributed by atoms with E-state index in [1.807, 2.05) is 24.0 Å². The molecule has 0 saturated carbocycles. The van der Waals surface area contributed by atoms with E-state index in [0.29, 0.717) is 26.2 Å². The number of likely N-dealkylation sites (tertiary alicyclic amines) is 1. The number of carbonyl (C=O) groups excluding carboxylic acids is 1. The van der Waals surface area contributed by atoms with Crippen molar-refractivity contribution in [1.82, 2.24) is 9.80 Å². The standard InChI is InChI=1S/C15H22N2O4/c1-10-4-5-13(21-10)8-16(3)14(18)9-17-6-12(7-17)11(2)15(19)20/h4-5,11-12H,6-9H2,1-3H3,(H,19,20). The maximum absolute atomic E-state index is 12.1. The smallest absolute Gasteiger partial charge is 0.306 e. The van der Waals surface area contributed by atoms with Crippen molar-refractivity contribution in [1.29, 1.82) is 0 Å². The second-order valence-corrected chi connectivity index (χ2v) is 5.84. The van der Waals surface area contributed by atoms with E-state index in [-0.39, 0.29) is 17.7 Å². The molecule has 1 atom stereocenters. The van der Waals surface area contributed by atoms with Crippen molar-refractivity contribution in [2.75, 3.05) is 26.7 Å². The van der Waals surface area contributed by atoms with Crippen LogP contribution in [-0.4, -0.2) is 53.5 Å². The molecule has 1 N–H and O–H groups in total. The molecule has 0 aliphatic carbocycles. The highest BCUT2D eigenvalue weighted by atomic mass is 16.4. The Morgan fingerprint density at radius 1 is 1.48 bits per heavy atom. The number of aryl methyl sites for hydroxylation is 1. The summed E-state index contributed by atoms with van der Waals surface area (Å²) in [5.74, 6) is 0.652. The van der Waals surface area contributed by atoms with E-state index in [0.717, 1.165) is 11.5 Å². The number of carbonyl (C=O) groups is 2. The van der Waals surface area contributed by atoms with Gasteiger partial charge in [0.05, 0.1) is 19.0 Å². The van der Waals surface area contributed by atoms with Crippen LogP contribution < -0.4 is 0 Å². The molecule has 1 unspecified atom stereocenters. The SMILES string of the molecule is Cc1ccc(CN(C)C(=O)CN2CC(C(C)C(=O)O)C2)o1. The summed E-state index contributed by atoms with van der Waals surface area (Å²) in [4.78, 5) is 26.6. The monoisotopic (exact) mass is 294 g/mol. The van der Waals surface area contributed by atoms with Crippen molar-refractivity contribution >= 4 is 11.9 Å². The molecule has 0 radical (unpaired) electrons. The lowest BCUT2D eigenvalue weighted by atomic mass is 9.87. The number of nitrogens with zero attached hydrogens (tertiary/aromatic N) is 2. The number of furan rings is 1. The molecule has 1 fully saturated rings. The quantitative estimate of drug-likeness (QED) is 0.853. The zero-order valence-corrected chi connectivity index (χ0v) is 12.7. The molecular weight excluding hydrogens is 272 g/mol. The second-order valence-electron chi connectivity index (χ2n) is 5.84. The highest BCUT2D eigenvalue weighted by Crippen LogP contribution is 2.23. The molecule has 1 aliphatic rings. The molecule has 6 heteroatoms. The van der Waals surface area contributed by atoms with Gasteiger partial charge in [0.1, 0.15) is 11.5 Å². The molecule has 1 aromatic rings. The Hall–Kier alpha value is -1.82. The van der Waals surface area contributed by atoms with Gasteiger partial charge in [-0.15, -0.1) is 0 Å². The molecule has 1 saturated heterocycles. The molecule has 1 amide bonds. The number of rotatable bonds is 6. The predicted octanol–water partition coefficient (Wildman–Crippen LogP) is 1.20. The molecule has 0 aromatic carbocycles. The Bertz CT molecular complexity index is 519. The topological polar surface area (TPSA) is 74.0 Å². The molecule has 6 nitrogen and oxygen atoms in total. The largest absolute Gasteiger partial charge is 0.481 e. The maximum Gasteiger partial charge on any atom is 0.306 e. The summed E-state index contributed by atoms with van der Waals surface area (Å²) in [6, 6.07) is 3.74. The van der Waals surface area contributed by atoms with Gasteiger partial charge in [0.2, 0.25) is 5.91 Å². The van der Waals surface area contributed by atoms with Crippen LogP contribution >= 0.6 is 0 Å². The van der Waals surface area contributed by atoms with Crippen LogP contribution in [0.15, 0.2) is 16.5 Å². The molecule has 0 spiro atoms. The van der Waals surface area contributed by atoms with E-state index >= 15 is 0 Å². The Labute approximate surface area is 124 Å². The number of hydrogen-bond donors (Lipinski definition) is 1. The minimum Gasteiger partial charge on any atom is -0.481 e. The van der Waals surface area contributed by atoms with E-state index in [9.17, 15) is 9.59 Å². The first kappa shape index (κ1) is 15.6. The Morgan fingerprint density at radius 2 is 2.14 bits per heavy atom. The van der Waals surface area contributed by atoms with Gasteiger partial charge >= 0.3 is 5.97 Å². The van der Waals surface area contributed by atoms with E-state index in [1.165, 1.54) is 0 Å². The van der Waals surface area contributed by atoms with Crippen LogP contribution in [0, 0.1) is 18.8 Å². The molecule has 116 valence electrons. The van der Waals surface area contributed by atoms with Gasteiger partial charge in [0.25, 0.3) is 0 Å². The second kappa shape index (κ2) is 6.30. The molecular formula is C15H22N2O4. The molecule has 2 heterocycles. The fourth-order valence-electron chi connectivity index (χ4n) is 2.46. The van der Waals surface area contributed by atoms with E-state index in [4.69, 9.17) is 9.52 Å². The molecule has 0 bridgehead atoms. The number of carboxylic acids is 1. The lowest BCUT2D eigenvalue weighted by Gasteiger charge is -2.41. The van der Waals surface area contributed by atoms with Crippen LogP contribution in [0.4, 0.5) is 0 Å². The van der Waals surface area contributed by atoms with Crippen LogP contribution in [0.2, 0.25) is 0 Å². The fourth-order valence-corrected chi connectivity index (χ4v) is 2.46. The Morgan fingerprint density at radius 3 is 2.67 bits per heavy atom.